The van der Waals surface area contributed by atoms with E-state index in [1.54, 1.807) is 39.8 Å². The average Bonchev–Trinajstić information content (AvgIpc) is 2.89. The number of carbonyl (C=O) groups is 3. The zero-order chi connectivity index (χ0) is 21.6. The molecule has 0 spiro atoms. The topological polar surface area (TPSA) is 87.7 Å². The molecule has 0 bridgehead atoms. The van der Waals surface area contributed by atoms with Gasteiger partial charge in [0.1, 0.15) is 11.2 Å². The molecular formula is C17H24Cl3N3O4S. The molecule has 0 aliphatic heterocycles. The van der Waals surface area contributed by atoms with Gasteiger partial charge in [0, 0.05) is 6.42 Å². The molecule has 2 N–H and O–H groups in total. The van der Waals surface area contributed by atoms with Gasteiger partial charge in [0.25, 0.3) is 0 Å². The summed E-state index contributed by atoms with van der Waals surface area (Å²) in [7, 11) is 3.54. The van der Waals surface area contributed by atoms with Crippen molar-refractivity contribution in [2.45, 2.75) is 37.2 Å². The molecule has 1 aromatic rings. The lowest BCUT2D eigenvalue weighted by molar-refractivity contribution is -0.121. The van der Waals surface area contributed by atoms with Crippen molar-refractivity contribution in [3.63, 3.8) is 0 Å². The number of nitrogens with one attached hydrogen (secondary N) is 2. The van der Waals surface area contributed by atoms with Crippen LogP contribution < -0.4 is 10.6 Å². The van der Waals surface area contributed by atoms with Crippen molar-refractivity contribution in [2.75, 3.05) is 32.6 Å². The van der Waals surface area contributed by atoms with E-state index in [2.05, 4.69) is 10.6 Å². The number of alkyl halides is 3. The summed E-state index contributed by atoms with van der Waals surface area (Å²) in [6.45, 7) is 5.32. The van der Waals surface area contributed by atoms with Crippen LogP contribution >= 0.6 is 46.1 Å². The Morgan fingerprint density at radius 1 is 1.21 bits per heavy atom. The summed E-state index contributed by atoms with van der Waals surface area (Å²) in [6, 6.07) is 0. The third-order valence-corrected chi connectivity index (χ3v) is 5.49. The van der Waals surface area contributed by atoms with Gasteiger partial charge >= 0.3 is 5.97 Å². The van der Waals surface area contributed by atoms with Gasteiger partial charge in [-0.1, -0.05) is 41.7 Å². The summed E-state index contributed by atoms with van der Waals surface area (Å²) >= 11 is 19.0. The summed E-state index contributed by atoms with van der Waals surface area (Å²) < 4.78 is 3.21. The fraction of sp³-hybridized carbons (Fsp3) is 0.588. The predicted octanol–water partition coefficient (Wildman–Crippen LogP) is 3.61. The van der Waals surface area contributed by atoms with Crippen molar-refractivity contribution in [3.05, 3.63) is 16.0 Å². The monoisotopic (exact) mass is 471 g/mol. The Labute approximate surface area is 183 Å². The first-order valence-corrected chi connectivity index (χ1v) is 10.5. The Morgan fingerprint density at radius 2 is 1.82 bits per heavy atom. The van der Waals surface area contributed by atoms with E-state index in [0.29, 0.717) is 10.4 Å². The maximum atomic E-state index is 12.6. The highest BCUT2D eigenvalue weighted by Gasteiger charge is 2.36. The standard InChI is InChI=1S/C17H24Cl3N3O4S/c1-6-11(25)21-16(17(18,19)20)22-14-12(15(26)27-7-2)9(3)13(28-14)10(24)8-23(4)5/h16,22H,6-8H2,1-5H3,(H,21,25). The minimum Gasteiger partial charge on any atom is -0.462 e. The van der Waals surface area contributed by atoms with Crippen LogP contribution in [0.1, 0.15) is 45.9 Å². The van der Waals surface area contributed by atoms with Crippen LogP contribution in [0, 0.1) is 6.92 Å². The second kappa shape index (κ2) is 10.6. The first-order valence-electron chi connectivity index (χ1n) is 8.53. The number of hydrogen-bond donors (Lipinski definition) is 2. The van der Waals surface area contributed by atoms with Crippen LogP contribution in [0.4, 0.5) is 5.00 Å². The molecule has 1 amide bonds. The second-order valence-electron chi connectivity index (χ2n) is 6.18. The molecule has 1 atom stereocenters. The SMILES string of the molecule is CCOC(=O)c1c(NC(NC(=O)CC)C(Cl)(Cl)Cl)sc(C(=O)CN(C)C)c1C. The molecule has 0 saturated heterocycles. The van der Waals surface area contributed by atoms with Gasteiger partial charge in [-0.15, -0.1) is 11.3 Å². The third-order valence-electron chi connectivity index (χ3n) is 3.57. The van der Waals surface area contributed by atoms with Crippen molar-refractivity contribution in [1.82, 2.24) is 10.2 Å². The Balaban J connectivity index is 3.38. The number of carbonyl (C=O) groups excluding carboxylic acids is 3. The Hall–Kier alpha value is -1.06. The molecule has 1 rings (SSSR count). The number of likely N-dealkylation sites (N-methyl/N-ethyl adjacent to an activating group) is 1. The fourth-order valence-corrected chi connectivity index (χ4v) is 3.76. The van der Waals surface area contributed by atoms with Crippen LogP contribution in [0.15, 0.2) is 0 Å². The van der Waals surface area contributed by atoms with Crippen molar-refractivity contribution in [2.24, 2.45) is 0 Å². The predicted molar refractivity (Wildman–Crippen MR) is 114 cm³/mol. The van der Waals surface area contributed by atoms with Crippen molar-refractivity contribution < 1.29 is 19.1 Å². The second-order valence-corrected chi connectivity index (χ2v) is 9.57. The molecule has 1 unspecified atom stereocenters. The van der Waals surface area contributed by atoms with E-state index in [-0.39, 0.29) is 41.8 Å². The van der Waals surface area contributed by atoms with Gasteiger partial charge in [-0.3, -0.25) is 9.59 Å². The average molecular weight is 473 g/mol. The van der Waals surface area contributed by atoms with Crippen LogP contribution in [0.3, 0.4) is 0 Å². The number of nitrogens with zero attached hydrogens (tertiary/aromatic N) is 1. The van der Waals surface area contributed by atoms with E-state index in [0.717, 1.165) is 11.3 Å². The van der Waals surface area contributed by atoms with Gasteiger partial charge < -0.3 is 20.3 Å². The zero-order valence-electron chi connectivity index (χ0n) is 16.3. The third kappa shape index (κ3) is 6.77. The number of ketones is 1. The first kappa shape index (κ1) is 25.0. The normalized spacial score (nSPS) is 12.6. The number of rotatable bonds is 9. The lowest BCUT2D eigenvalue weighted by Crippen LogP contribution is -2.49. The molecule has 0 aliphatic rings. The number of Topliss-reactive ketones (excluding diaryl/α,β-unsaturated/α-hetero) is 1. The molecular weight excluding hydrogens is 449 g/mol. The van der Waals surface area contributed by atoms with Crippen LogP contribution in [0.2, 0.25) is 0 Å². The number of thiophene rings is 1. The van der Waals surface area contributed by atoms with E-state index in [1.165, 1.54) is 0 Å². The molecule has 1 aromatic heterocycles. The molecule has 11 heteroatoms. The number of esters is 1. The molecule has 28 heavy (non-hydrogen) atoms. The van der Waals surface area contributed by atoms with Crippen LogP contribution in [-0.2, 0) is 9.53 Å². The maximum Gasteiger partial charge on any atom is 0.341 e. The molecule has 0 fully saturated rings. The van der Waals surface area contributed by atoms with Crippen molar-refractivity contribution in [3.8, 4) is 0 Å². The van der Waals surface area contributed by atoms with E-state index in [4.69, 9.17) is 39.5 Å². The smallest absolute Gasteiger partial charge is 0.341 e. The highest BCUT2D eigenvalue weighted by molar-refractivity contribution is 7.18. The summed E-state index contributed by atoms with van der Waals surface area (Å²) in [5.41, 5.74) is 0.654. The molecule has 1 heterocycles. The van der Waals surface area contributed by atoms with Crippen molar-refractivity contribution in [1.29, 1.82) is 0 Å². The zero-order valence-corrected chi connectivity index (χ0v) is 19.4. The number of halogens is 3. The van der Waals surface area contributed by atoms with Gasteiger partial charge in [0.2, 0.25) is 9.70 Å². The Kier molecular flexibility index (Phi) is 9.49. The van der Waals surface area contributed by atoms with Gasteiger partial charge in [-0.05, 0) is 33.5 Å². The fourth-order valence-electron chi connectivity index (χ4n) is 2.28. The largest absolute Gasteiger partial charge is 0.462 e. The van der Waals surface area contributed by atoms with E-state index in [9.17, 15) is 14.4 Å². The molecule has 0 aliphatic carbocycles. The summed E-state index contributed by atoms with van der Waals surface area (Å²) in [5, 5.41) is 5.73. The van der Waals surface area contributed by atoms with Gasteiger partial charge in [0.15, 0.2) is 5.78 Å². The maximum absolute atomic E-state index is 12.6. The number of hydrogen-bond acceptors (Lipinski definition) is 7. The lowest BCUT2D eigenvalue weighted by Gasteiger charge is -2.27. The minimum atomic E-state index is -1.90. The molecule has 158 valence electrons. The molecule has 0 saturated carbocycles. The first-order chi connectivity index (χ1) is 12.9. The minimum absolute atomic E-state index is 0.158. The lowest BCUT2D eigenvalue weighted by atomic mass is 10.1. The summed E-state index contributed by atoms with van der Waals surface area (Å²) in [5.74, 6) is -1.11. The van der Waals surface area contributed by atoms with Gasteiger partial charge in [-0.2, -0.15) is 0 Å². The van der Waals surface area contributed by atoms with Crippen LogP contribution in [0.25, 0.3) is 0 Å². The molecule has 0 aromatic carbocycles. The van der Waals surface area contributed by atoms with Crippen molar-refractivity contribution >= 4 is 68.8 Å². The quantitative estimate of drug-likeness (QED) is 0.247. The number of ether oxygens (including phenoxy) is 1. The Morgan fingerprint density at radius 3 is 2.29 bits per heavy atom. The highest BCUT2D eigenvalue weighted by atomic mass is 35.6. The Bertz CT molecular complexity index is 732. The molecule has 7 nitrogen and oxygen atoms in total. The summed E-state index contributed by atoms with van der Waals surface area (Å²) in [6.07, 6.45) is -0.937. The summed E-state index contributed by atoms with van der Waals surface area (Å²) in [4.78, 5) is 39.0. The van der Waals surface area contributed by atoms with Crippen LogP contribution in [0.5, 0.6) is 0 Å². The number of amides is 1. The number of anilines is 1. The highest BCUT2D eigenvalue weighted by Crippen LogP contribution is 2.38. The van der Waals surface area contributed by atoms with E-state index < -0.39 is 15.9 Å². The van der Waals surface area contributed by atoms with E-state index >= 15 is 0 Å². The molecule has 0 radical (unpaired) electrons. The van der Waals surface area contributed by atoms with Crippen LogP contribution in [-0.4, -0.2) is 59.8 Å². The van der Waals surface area contributed by atoms with Gasteiger partial charge in [0.05, 0.1) is 23.6 Å². The van der Waals surface area contributed by atoms with E-state index in [1.807, 2.05) is 0 Å². The van der Waals surface area contributed by atoms with Gasteiger partial charge in [-0.25, -0.2) is 4.79 Å².